The molecule has 17 heavy (non-hydrogen) atoms. The van der Waals surface area contributed by atoms with Gasteiger partial charge in [0.2, 0.25) is 5.91 Å². The summed E-state index contributed by atoms with van der Waals surface area (Å²) >= 11 is 0. The first-order valence-corrected chi connectivity index (χ1v) is 5.35. The minimum atomic E-state index is -0.491. The molecule has 5 heteroatoms. The number of amides is 1. The molecule has 2 N–H and O–H groups in total. The van der Waals surface area contributed by atoms with Crippen molar-refractivity contribution in [3.05, 3.63) is 29.6 Å². The normalized spacial score (nSPS) is 19.8. The Morgan fingerprint density at radius 1 is 1.53 bits per heavy atom. The molecule has 0 radical (unpaired) electrons. The zero-order chi connectivity index (χ0) is 12.6. The first-order valence-electron chi connectivity index (χ1n) is 5.35. The number of nitrogens with zero attached hydrogens (tertiary/aromatic N) is 1. The van der Waals surface area contributed by atoms with Crippen molar-refractivity contribution < 1.29 is 14.0 Å². The van der Waals surface area contributed by atoms with Crippen LogP contribution in [-0.2, 0) is 4.79 Å². The number of carbonyl (C=O) groups is 2. The van der Waals surface area contributed by atoms with E-state index in [0.717, 1.165) is 6.07 Å². The predicted octanol–water partition coefficient (Wildman–Crippen LogP) is 1.09. The first-order chi connectivity index (χ1) is 7.99. The number of anilines is 1. The van der Waals surface area contributed by atoms with Gasteiger partial charge in [-0.25, -0.2) is 4.39 Å². The fraction of sp³-hybridized carbons (Fsp3) is 0.333. The van der Waals surface area contributed by atoms with Gasteiger partial charge in [0.1, 0.15) is 5.82 Å². The Morgan fingerprint density at radius 2 is 2.24 bits per heavy atom. The summed E-state index contributed by atoms with van der Waals surface area (Å²) in [6.07, 6.45) is 0.259. The van der Waals surface area contributed by atoms with Crippen LogP contribution < -0.4 is 10.6 Å². The van der Waals surface area contributed by atoms with Gasteiger partial charge in [-0.3, -0.25) is 9.59 Å². The lowest BCUT2D eigenvalue weighted by atomic mass is 10.1. The van der Waals surface area contributed by atoms with Gasteiger partial charge in [-0.2, -0.15) is 0 Å². The van der Waals surface area contributed by atoms with E-state index in [4.69, 9.17) is 5.73 Å². The second-order valence-corrected chi connectivity index (χ2v) is 4.19. The standard InChI is InChI=1S/C12H13FN2O2/c1-7(16)10-4-8(13)2-3-11(10)15-6-9(14)5-12(15)17/h2-4,9H,5-6,14H2,1H3. The third-order valence-corrected chi connectivity index (χ3v) is 2.78. The van der Waals surface area contributed by atoms with Crippen LogP contribution in [0.1, 0.15) is 23.7 Å². The summed E-state index contributed by atoms with van der Waals surface area (Å²) in [4.78, 5) is 24.6. The molecule has 2 rings (SSSR count). The number of Topliss-reactive ketones (excluding diaryl/α,β-unsaturated/α-hetero) is 1. The molecule has 1 fully saturated rings. The molecular weight excluding hydrogens is 223 g/mol. The van der Waals surface area contributed by atoms with Crippen molar-refractivity contribution in [1.82, 2.24) is 0 Å². The average molecular weight is 236 g/mol. The van der Waals surface area contributed by atoms with E-state index in [-0.39, 0.29) is 29.7 Å². The molecule has 0 spiro atoms. The van der Waals surface area contributed by atoms with Crippen molar-refractivity contribution >= 4 is 17.4 Å². The number of benzene rings is 1. The van der Waals surface area contributed by atoms with Crippen LogP contribution in [0.15, 0.2) is 18.2 Å². The summed E-state index contributed by atoms with van der Waals surface area (Å²) in [7, 11) is 0. The molecule has 1 unspecified atom stereocenters. The second kappa shape index (κ2) is 4.25. The van der Waals surface area contributed by atoms with Gasteiger partial charge in [0, 0.05) is 24.6 Å². The second-order valence-electron chi connectivity index (χ2n) is 4.19. The van der Waals surface area contributed by atoms with Gasteiger partial charge in [0.05, 0.1) is 5.69 Å². The Labute approximate surface area is 98.2 Å². The highest BCUT2D eigenvalue weighted by Gasteiger charge is 2.30. The van der Waals surface area contributed by atoms with Crippen molar-refractivity contribution in [3.8, 4) is 0 Å². The Kier molecular flexibility index (Phi) is 2.93. The average Bonchev–Trinajstić information content (AvgIpc) is 2.57. The minimum absolute atomic E-state index is 0.133. The van der Waals surface area contributed by atoms with E-state index in [9.17, 15) is 14.0 Å². The Balaban J connectivity index is 2.45. The maximum Gasteiger partial charge on any atom is 0.228 e. The zero-order valence-corrected chi connectivity index (χ0v) is 9.44. The highest BCUT2D eigenvalue weighted by molar-refractivity contribution is 6.05. The molecule has 0 saturated carbocycles. The largest absolute Gasteiger partial charge is 0.326 e. The number of hydrogen-bond acceptors (Lipinski definition) is 3. The monoisotopic (exact) mass is 236 g/mol. The summed E-state index contributed by atoms with van der Waals surface area (Å²) < 4.78 is 13.1. The van der Waals surface area contributed by atoms with E-state index >= 15 is 0 Å². The fourth-order valence-electron chi connectivity index (χ4n) is 1.99. The molecule has 1 heterocycles. The topological polar surface area (TPSA) is 63.4 Å². The van der Waals surface area contributed by atoms with Crippen molar-refractivity contribution in [1.29, 1.82) is 0 Å². The smallest absolute Gasteiger partial charge is 0.228 e. The van der Waals surface area contributed by atoms with Gasteiger partial charge >= 0.3 is 0 Å². The van der Waals surface area contributed by atoms with E-state index in [1.54, 1.807) is 0 Å². The Bertz CT molecular complexity index is 487. The summed E-state index contributed by atoms with van der Waals surface area (Å²) in [6.45, 7) is 1.71. The summed E-state index contributed by atoms with van der Waals surface area (Å²) in [6, 6.07) is 3.60. The number of hydrogen-bond donors (Lipinski definition) is 1. The molecule has 0 aliphatic carbocycles. The molecule has 0 bridgehead atoms. The number of carbonyl (C=O) groups excluding carboxylic acids is 2. The maximum absolute atomic E-state index is 13.1. The van der Waals surface area contributed by atoms with Gasteiger partial charge in [0.25, 0.3) is 0 Å². The minimum Gasteiger partial charge on any atom is -0.326 e. The first kappa shape index (κ1) is 11.7. The number of nitrogens with two attached hydrogens (primary N) is 1. The lowest BCUT2D eigenvalue weighted by Crippen LogP contribution is -2.29. The van der Waals surface area contributed by atoms with Crippen LogP contribution >= 0.6 is 0 Å². The van der Waals surface area contributed by atoms with E-state index in [2.05, 4.69) is 0 Å². The van der Waals surface area contributed by atoms with E-state index < -0.39 is 5.82 Å². The van der Waals surface area contributed by atoms with E-state index in [0.29, 0.717) is 12.2 Å². The van der Waals surface area contributed by atoms with Crippen LogP contribution in [0.25, 0.3) is 0 Å². The van der Waals surface area contributed by atoms with Crippen molar-refractivity contribution in [3.63, 3.8) is 0 Å². The van der Waals surface area contributed by atoms with Gasteiger partial charge in [-0.05, 0) is 25.1 Å². The molecule has 1 aromatic carbocycles. The summed E-state index contributed by atoms with van der Waals surface area (Å²) in [5.74, 6) is -0.894. The molecule has 0 aromatic heterocycles. The van der Waals surface area contributed by atoms with Crippen LogP contribution in [0, 0.1) is 5.82 Å². The SMILES string of the molecule is CC(=O)c1cc(F)ccc1N1CC(N)CC1=O. The lowest BCUT2D eigenvalue weighted by molar-refractivity contribution is -0.117. The highest BCUT2D eigenvalue weighted by Crippen LogP contribution is 2.26. The van der Waals surface area contributed by atoms with Crippen LogP contribution in [0.2, 0.25) is 0 Å². The lowest BCUT2D eigenvalue weighted by Gasteiger charge is -2.18. The quantitative estimate of drug-likeness (QED) is 0.782. The van der Waals surface area contributed by atoms with Crippen molar-refractivity contribution in [2.24, 2.45) is 5.73 Å². The molecular formula is C12H13FN2O2. The molecule has 1 atom stereocenters. The highest BCUT2D eigenvalue weighted by atomic mass is 19.1. The van der Waals surface area contributed by atoms with Crippen LogP contribution in [0.4, 0.5) is 10.1 Å². The number of rotatable bonds is 2. The third kappa shape index (κ3) is 2.19. The van der Waals surface area contributed by atoms with Gasteiger partial charge in [-0.1, -0.05) is 0 Å². The summed E-state index contributed by atoms with van der Waals surface area (Å²) in [5.41, 5.74) is 6.34. The molecule has 1 aliphatic heterocycles. The molecule has 90 valence electrons. The van der Waals surface area contributed by atoms with Crippen LogP contribution in [-0.4, -0.2) is 24.3 Å². The number of ketones is 1. The maximum atomic E-state index is 13.1. The predicted molar refractivity (Wildman–Crippen MR) is 61.3 cm³/mol. The van der Waals surface area contributed by atoms with Crippen LogP contribution in [0.5, 0.6) is 0 Å². The third-order valence-electron chi connectivity index (χ3n) is 2.78. The molecule has 4 nitrogen and oxygen atoms in total. The van der Waals surface area contributed by atoms with E-state index in [1.807, 2.05) is 0 Å². The zero-order valence-electron chi connectivity index (χ0n) is 9.44. The van der Waals surface area contributed by atoms with Crippen molar-refractivity contribution in [2.75, 3.05) is 11.4 Å². The van der Waals surface area contributed by atoms with Crippen molar-refractivity contribution in [2.45, 2.75) is 19.4 Å². The molecule has 1 amide bonds. The molecule has 1 aliphatic rings. The van der Waals surface area contributed by atoms with Crippen LogP contribution in [0.3, 0.4) is 0 Å². The fourth-order valence-corrected chi connectivity index (χ4v) is 1.99. The van der Waals surface area contributed by atoms with Gasteiger partial charge < -0.3 is 10.6 Å². The Morgan fingerprint density at radius 3 is 2.76 bits per heavy atom. The molecule has 1 saturated heterocycles. The Hall–Kier alpha value is -1.75. The van der Waals surface area contributed by atoms with Gasteiger partial charge in [0.15, 0.2) is 5.78 Å². The summed E-state index contributed by atoms with van der Waals surface area (Å²) in [5, 5.41) is 0. The number of halogens is 1. The molecule has 1 aromatic rings. The van der Waals surface area contributed by atoms with Gasteiger partial charge in [-0.15, -0.1) is 0 Å². The van der Waals surface area contributed by atoms with E-state index in [1.165, 1.54) is 24.0 Å².